The second-order valence-corrected chi connectivity index (χ2v) is 7.62. The number of rotatable bonds is 6. The van der Waals surface area contributed by atoms with E-state index in [2.05, 4.69) is 24.0 Å². The van der Waals surface area contributed by atoms with Gasteiger partial charge in [0.25, 0.3) is 5.22 Å². The van der Waals surface area contributed by atoms with Crippen LogP contribution in [0.2, 0.25) is 0 Å². The topological polar surface area (TPSA) is 77.7 Å². The van der Waals surface area contributed by atoms with Gasteiger partial charge in [-0.2, -0.15) is 0 Å². The summed E-state index contributed by atoms with van der Waals surface area (Å²) in [5.41, 5.74) is 0.704. The Balaban J connectivity index is 1.67. The first-order chi connectivity index (χ1) is 13.0. The number of benzene rings is 1. The van der Waals surface area contributed by atoms with Gasteiger partial charge in [0.05, 0.1) is 20.0 Å². The Labute approximate surface area is 163 Å². The van der Waals surface area contributed by atoms with Gasteiger partial charge in [-0.15, -0.1) is 10.2 Å². The highest BCUT2D eigenvalue weighted by Crippen LogP contribution is 2.31. The molecule has 1 aromatic carbocycles. The van der Waals surface area contributed by atoms with Crippen molar-refractivity contribution >= 4 is 17.7 Å². The summed E-state index contributed by atoms with van der Waals surface area (Å²) in [4.78, 5) is 14.6. The molecule has 1 saturated heterocycles. The smallest absolute Gasteiger partial charge is 0.277 e. The lowest BCUT2D eigenvalue weighted by molar-refractivity contribution is -0.134. The van der Waals surface area contributed by atoms with E-state index in [4.69, 9.17) is 13.9 Å². The Bertz CT molecular complexity index is 763. The summed E-state index contributed by atoms with van der Waals surface area (Å²) in [5, 5.41) is 8.51. The molecule has 1 aliphatic heterocycles. The van der Waals surface area contributed by atoms with E-state index < -0.39 is 0 Å². The molecule has 7 nitrogen and oxygen atoms in total. The summed E-state index contributed by atoms with van der Waals surface area (Å²) in [6, 6.07) is 5.93. The van der Waals surface area contributed by atoms with Gasteiger partial charge in [0.1, 0.15) is 11.5 Å². The van der Waals surface area contributed by atoms with Crippen molar-refractivity contribution in [1.29, 1.82) is 0 Å². The number of thioether (sulfide) groups is 1. The Morgan fingerprint density at radius 2 is 1.78 bits per heavy atom. The van der Waals surface area contributed by atoms with Crippen LogP contribution in [0.15, 0.2) is 27.8 Å². The van der Waals surface area contributed by atoms with Gasteiger partial charge in [0.2, 0.25) is 11.8 Å². The molecule has 8 heteroatoms. The number of amides is 1. The molecule has 1 aromatic heterocycles. The van der Waals surface area contributed by atoms with Crippen molar-refractivity contribution in [2.45, 2.75) is 50.4 Å². The summed E-state index contributed by atoms with van der Waals surface area (Å²) in [6.07, 6.45) is 3.29. The lowest BCUT2D eigenvalue weighted by Crippen LogP contribution is -2.48. The van der Waals surface area contributed by atoms with Crippen LogP contribution in [0.3, 0.4) is 0 Å². The highest BCUT2D eigenvalue weighted by Gasteiger charge is 2.29. The first kappa shape index (κ1) is 19.5. The lowest BCUT2D eigenvalue weighted by atomic mass is 9.98. The van der Waals surface area contributed by atoms with Crippen LogP contribution in [-0.4, -0.2) is 53.1 Å². The second-order valence-electron chi connectivity index (χ2n) is 6.69. The van der Waals surface area contributed by atoms with E-state index in [0.29, 0.717) is 28.2 Å². The van der Waals surface area contributed by atoms with Crippen molar-refractivity contribution in [3.05, 3.63) is 18.2 Å². The summed E-state index contributed by atoms with van der Waals surface area (Å²) in [7, 11) is 3.17. The number of carbonyl (C=O) groups is 1. The van der Waals surface area contributed by atoms with E-state index in [-0.39, 0.29) is 23.7 Å². The number of aromatic nitrogens is 2. The molecule has 27 heavy (non-hydrogen) atoms. The largest absolute Gasteiger partial charge is 0.497 e. The molecule has 0 saturated carbocycles. The molecule has 1 amide bonds. The molecule has 1 fully saturated rings. The maximum absolute atomic E-state index is 12.6. The molecule has 2 atom stereocenters. The molecular weight excluding hydrogens is 366 g/mol. The Morgan fingerprint density at radius 1 is 1.15 bits per heavy atom. The zero-order valence-corrected chi connectivity index (χ0v) is 16.9. The number of ether oxygens (including phenoxy) is 2. The predicted molar refractivity (Wildman–Crippen MR) is 103 cm³/mol. The molecule has 2 aromatic rings. The third-order valence-corrected chi connectivity index (χ3v) is 5.61. The molecule has 2 unspecified atom stereocenters. The lowest BCUT2D eigenvalue weighted by Gasteiger charge is -2.39. The van der Waals surface area contributed by atoms with Gasteiger partial charge in [-0.05, 0) is 45.2 Å². The van der Waals surface area contributed by atoms with E-state index >= 15 is 0 Å². The van der Waals surface area contributed by atoms with E-state index in [9.17, 15) is 4.79 Å². The van der Waals surface area contributed by atoms with Crippen LogP contribution >= 0.6 is 11.8 Å². The minimum atomic E-state index is 0.113. The molecule has 0 radical (unpaired) electrons. The molecule has 2 heterocycles. The Kier molecular flexibility index (Phi) is 6.26. The van der Waals surface area contributed by atoms with Gasteiger partial charge in [-0.1, -0.05) is 11.8 Å². The number of likely N-dealkylation sites (tertiary alicyclic amines) is 1. The molecule has 3 rings (SSSR count). The Hall–Kier alpha value is -2.22. The number of carbonyl (C=O) groups excluding carboxylic acids is 1. The van der Waals surface area contributed by atoms with Crippen LogP contribution in [0, 0.1) is 0 Å². The van der Waals surface area contributed by atoms with E-state index in [1.165, 1.54) is 18.2 Å². The van der Waals surface area contributed by atoms with Crippen molar-refractivity contribution in [2.75, 3.05) is 20.0 Å². The fourth-order valence-corrected chi connectivity index (χ4v) is 4.06. The average Bonchev–Trinajstić information content (AvgIpc) is 3.15. The zero-order valence-electron chi connectivity index (χ0n) is 16.1. The van der Waals surface area contributed by atoms with Crippen LogP contribution in [0.1, 0.15) is 33.1 Å². The third kappa shape index (κ3) is 4.55. The fourth-order valence-electron chi connectivity index (χ4n) is 3.43. The quantitative estimate of drug-likeness (QED) is 0.696. The third-order valence-electron chi connectivity index (χ3n) is 4.81. The summed E-state index contributed by atoms with van der Waals surface area (Å²) in [5.74, 6) is 2.04. The molecule has 0 bridgehead atoms. The monoisotopic (exact) mass is 391 g/mol. The molecule has 1 aliphatic rings. The first-order valence-corrected chi connectivity index (χ1v) is 10.0. The number of nitrogens with zero attached hydrogens (tertiary/aromatic N) is 3. The van der Waals surface area contributed by atoms with Crippen LogP contribution in [-0.2, 0) is 4.79 Å². The van der Waals surface area contributed by atoms with E-state index in [1.54, 1.807) is 32.4 Å². The maximum Gasteiger partial charge on any atom is 0.277 e. The normalized spacial score (nSPS) is 19.8. The first-order valence-electron chi connectivity index (χ1n) is 9.02. The standard InChI is InChI=1S/C19H25N3O4S/c1-12-6-5-7-13(2)22(12)17(23)11-27-19-21-20-18(26-19)14-8-15(24-3)10-16(9-14)25-4/h8-10,12-13H,5-7,11H2,1-4H3. The van der Waals surface area contributed by atoms with Gasteiger partial charge in [-0.3, -0.25) is 4.79 Å². The Morgan fingerprint density at radius 3 is 2.37 bits per heavy atom. The van der Waals surface area contributed by atoms with Crippen molar-refractivity contribution < 1.29 is 18.7 Å². The molecule has 0 aliphatic carbocycles. The summed E-state index contributed by atoms with van der Waals surface area (Å²) >= 11 is 1.27. The number of hydrogen-bond donors (Lipinski definition) is 0. The molecule has 146 valence electrons. The SMILES string of the molecule is COc1cc(OC)cc(-c2nnc(SCC(=O)N3C(C)CCCC3C)o2)c1. The molecule has 0 N–H and O–H groups in total. The zero-order chi connectivity index (χ0) is 19.4. The van der Waals surface area contributed by atoms with Gasteiger partial charge in [-0.25, -0.2) is 0 Å². The van der Waals surface area contributed by atoms with Crippen LogP contribution in [0.4, 0.5) is 0 Å². The fraction of sp³-hybridized carbons (Fsp3) is 0.526. The van der Waals surface area contributed by atoms with Gasteiger partial charge in [0, 0.05) is 23.7 Å². The highest BCUT2D eigenvalue weighted by atomic mass is 32.2. The molecular formula is C19H25N3O4S. The predicted octanol–water partition coefficient (Wildman–Crippen LogP) is 3.64. The van der Waals surface area contributed by atoms with Crippen LogP contribution < -0.4 is 9.47 Å². The minimum Gasteiger partial charge on any atom is -0.497 e. The number of hydrogen-bond acceptors (Lipinski definition) is 7. The van der Waals surface area contributed by atoms with E-state index in [1.807, 2.05) is 4.90 Å². The minimum absolute atomic E-state index is 0.113. The van der Waals surface area contributed by atoms with Gasteiger partial charge >= 0.3 is 0 Å². The summed E-state index contributed by atoms with van der Waals surface area (Å²) in [6.45, 7) is 4.22. The van der Waals surface area contributed by atoms with Gasteiger partial charge < -0.3 is 18.8 Å². The molecule has 0 spiro atoms. The van der Waals surface area contributed by atoms with Crippen molar-refractivity contribution in [3.8, 4) is 23.0 Å². The maximum atomic E-state index is 12.6. The average molecular weight is 391 g/mol. The van der Waals surface area contributed by atoms with Crippen molar-refractivity contribution in [1.82, 2.24) is 15.1 Å². The summed E-state index contributed by atoms with van der Waals surface area (Å²) < 4.78 is 16.3. The van der Waals surface area contributed by atoms with Crippen LogP contribution in [0.25, 0.3) is 11.5 Å². The highest BCUT2D eigenvalue weighted by molar-refractivity contribution is 7.99. The second kappa shape index (κ2) is 8.65. The van der Waals surface area contributed by atoms with Gasteiger partial charge in [0.15, 0.2) is 0 Å². The van der Waals surface area contributed by atoms with Crippen LogP contribution in [0.5, 0.6) is 11.5 Å². The number of piperidine rings is 1. The van der Waals surface area contributed by atoms with Crippen molar-refractivity contribution in [3.63, 3.8) is 0 Å². The van der Waals surface area contributed by atoms with Crippen molar-refractivity contribution in [2.24, 2.45) is 0 Å². The number of methoxy groups -OCH3 is 2. The van der Waals surface area contributed by atoms with E-state index in [0.717, 1.165) is 12.8 Å².